The first-order chi connectivity index (χ1) is 10.3. The highest BCUT2D eigenvalue weighted by molar-refractivity contribution is 5.43. The Balaban J connectivity index is 1.94. The van der Waals surface area contributed by atoms with E-state index in [0.717, 1.165) is 31.6 Å². The van der Waals surface area contributed by atoms with Gasteiger partial charge < -0.3 is 10.5 Å². The van der Waals surface area contributed by atoms with Crippen LogP contribution >= 0.6 is 0 Å². The van der Waals surface area contributed by atoms with Crippen LogP contribution in [0, 0.1) is 0 Å². The Labute approximate surface area is 126 Å². The van der Waals surface area contributed by atoms with Gasteiger partial charge in [-0.2, -0.15) is 0 Å². The fourth-order valence-corrected chi connectivity index (χ4v) is 3.27. The highest BCUT2D eigenvalue weighted by Gasteiger charge is 2.36. The molecule has 0 spiro atoms. The molecule has 1 heterocycles. The molecule has 2 N–H and O–H groups in total. The predicted octanol–water partition coefficient (Wildman–Crippen LogP) is 3.47. The van der Waals surface area contributed by atoms with Crippen molar-refractivity contribution in [3.05, 3.63) is 65.2 Å². The molecule has 1 unspecified atom stereocenters. The van der Waals surface area contributed by atoms with Crippen LogP contribution in [-0.2, 0) is 18.3 Å². The molecule has 1 aliphatic rings. The first kappa shape index (κ1) is 14.2. The first-order valence-corrected chi connectivity index (χ1v) is 7.77. The van der Waals surface area contributed by atoms with Gasteiger partial charge in [-0.1, -0.05) is 49.4 Å². The van der Waals surface area contributed by atoms with E-state index < -0.39 is 0 Å². The Morgan fingerprint density at radius 3 is 2.48 bits per heavy atom. The number of hydrogen-bond donors (Lipinski definition) is 1. The normalized spacial score (nSPS) is 20.7. The minimum absolute atomic E-state index is 0.00255. The highest BCUT2D eigenvalue weighted by Crippen LogP contribution is 2.40. The van der Waals surface area contributed by atoms with Crippen molar-refractivity contribution in [3.8, 4) is 5.75 Å². The van der Waals surface area contributed by atoms with Gasteiger partial charge in [0.25, 0.3) is 0 Å². The van der Waals surface area contributed by atoms with E-state index in [1.165, 1.54) is 16.7 Å². The number of fused-ring (bicyclic) bond motifs is 1. The van der Waals surface area contributed by atoms with Gasteiger partial charge in [-0.05, 0) is 36.5 Å². The Hall–Kier alpha value is -1.80. The second-order valence-corrected chi connectivity index (χ2v) is 5.93. The van der Waals surface area contributed by atoms with Crippen molar-refractivity contribution in [2.45, 2.75) is 31.6 Å². The fourth-order valence-electron chi connectivity index (χ4n) is 3.27. The van der Waals surface area contributed by atoms with E-state index >= 15 is 0 Å². The Morgan fingerprint density at radius 2 is 1.76 bits per heavy atom. The molecule has 0 amide bonds. The minimum Gasteiger partial charge on any atom is -0.493 e. The molecule has 2 nitrogen and oxygen atoms in total. The van der Waals surface area contributed by atoms with Gasteiger partial charge in [0.05, 0.1) is 6.61 Å². The van der Waals surface area contributed by atoms with Crippen LogP contribution in [0.25, 0.3) is 0 Å². The largest absolute Gasteiger partial charge is 0.493 e. The Bertz CT molecular complexity index is 605. The maximum atomic E-state index is 6.20. The molecular formula is C19H23NO. The molecule has 3 rings (SSSR count). The van der Waals surface area contributed by atoms with Gasteiger partial charge >= 0.3 is 0 Å². The number of ether oxygens (including phenoxy) is 1. The van der Waals surface area contributed by atoms with Gasteiger partial charge in [0, 0.05) is 17.5 Å². The molecule has 2 aromatic rings. The highest BCUT2D eigenvalue weighted by atomic mass is 16.5. The van der Waals surface area contributed by atoms with Crippen LogP contribution in [0.1, 0.15) is 30.0 Å². The standard InChI is InChI=1S/C19H23NO/c1-2-15-7-9-16(10-8-15)13-19(14-20)11-12-21-18-6-4-3-5-17(18)19/h3-10H,2,11-14,20H2,1H3. The second kappa shape index (κ2) is 5.90. The van der Waals surface area contributed by atoms with Gasteiger partial charge in [-0.15, -0.1) is 0 Å². The molecule has 2 aromatic carbocycles. The van der Waals surface area contributed by atoms with E-state index in [-0.39, 0.29) is 5.41 Å². The summed E-state index contributed by atoms with van der Waals surface area (Å²) in [5.41, 5.74) is 10.2. The van der Waals surface area contributed by atoms with Gasteiger partial charge in [-0.3, -0.25) is 0 Å². The number of nitrogens with two attached hydrogens (primary N) is 1. The lowest BCUT2D eigenvalue weighted by atomic mass is 9.72. The summed E-state index contributed by atoms with van der Waals surface area (Å²) in [6, 6.07) is 17.3. The maximum absolute atomic E-state index is 6.20. The van der Waals surface area contributed by atoms with E-state index in [0.29, 0.717) is 6.54 Å². The van der Waals surface area contributed by atoms with Gasteiger partial charge in [0.1, 0.15) is 5.75 Å². The first-order valence-electron chi connectivity index (χ1n) is 7.77. The molecule has 1 atom stereocenters. The average molecular weight is 281 g/mol. The summed E-state index contributed by atoms with van der Waals surface area (Å²) >= 11 is 0. The van der Waals surface area contributed by atoms with Gasteiger partial charge in [0.15, 0.2) is 0 Å². The molecule has 110 valence electrons. The molecule has 0 aromatic heterocycles. The molecule has 1 aliphatic heterocycles. The van der Waals surface area contributed by atoms with Crippen molar-refractivity contribution in [1.82, 2.24) is 0 Å². The minimum atomic E-state index is 0.00255. The van der Waals surface area contributed by atoms with Crippen molar-refractivity contribution in [1.29, 1.82) is 0 Å². The lowest BCUT2D eigenvalue weighted by Gasteiger charge is -2.38. The summed E-state index contributed by atoms with van der Waals surface area (Å²) in [4.78, 5) is 0. The zero-order valence-electron chi connectivity index (χ0n) is 12.6. The van der Waals surface area contributed by atoms with Gasteiger partial charge in [0.2, 0.25) is 0 Å². The number of hydrogen-bond acceptors (Lipinski definition) is 2. The zero-order chi connectivity index (χ0) is 14.7. The molecule has 0 radical (unpaired) electrons. The van der Waals surface area contributed by atoms with Crippen molar-refractivity contribution in [2.24, 2.45) is 5.73 Å². The van der Waals surface area contributed by atoms with Gasteiger partial charge in [-0.25, -0.2) is 0 Å². The topological polar surface area (TPSA) is 35.2 Å². The SMILES string of the molecule is CCc1ccc(CC2(CN)CCOc3ccccc32)cc1. The summed E-state index contributed by atoms with van der Waals surface area (Å²) in [6.07, 6.45) is 3.04. The number of benzene rings is 2. The summed E-state index contributed by atoms with van der Waals surface area (Å²) in [6.45, 7) is 3.59. The predicted molar refractivity (Wildman–Crippen MR) is 86.8 cm³/mol. The van der Waals surface area contributed by atoms with Crippen LogP contribution in [-0.4, -0.2) is 13.2 Å². The van der Waals surface area contributed by atoms with Crippen LogP contribution in [0.15, 0.2) is 48.5 Å². The lowest BCUT2D eigenvalue weighted by Crippen LogP contribution is -2.41. The quantitative estimate of drug-likeness (QED) is 0.931. The number of aryl methyl sites for hydroxylation is 1. The van der Waals surface area contributed by atoms with E-state index in [1.807, 2.05) is 6.07 Å². The molecule has 0 saturated heterocycles. The van der Waals surface area contributed by atoms with Crippen LogP contribution in [0.5, 0.6) is 5.75 Å². The molecule has 0 fully saturated rings. The fraction of sp³-hybridized carbons (Fsp3) is 0.368. The van der Waals surface area contributed by atoms with Crippen molar-refractivity contribution in [3.63, 3.8) is 0 Å². The molecule has 0 saturated carbocycles. The van der Waals surface area contributed by atoms with Crippen molar-refractivity contribution in [2.75, 3.05) is 13.2 Å². The molecule has 0 bridgehead atoms. The van der Waals surface area contributed by atoms with E-state index in [9.17, 15) is 0 Å². The summed E-state index contributed by atoms with van der Waals surface area (Å²) in [5, 5.41) is 0. The lowest BCUT2D eigenvalue weighted by molar-refractivity contribution is 0.215. The summed E-state index contributed by atoms with van der Waals surface area (Å²) in [5.74, 6) is 0.999. The Kier molecular flexibility index (Phi) is 3.98. The smallest absolute Gasteiger partial charge is 0.123 e. The second-order valence-electron chi connectivity index (χ2n) is 5.93. The van der Waals surface area contributed by atoms with Crippen LogP contribution < -0.4 is 10.5 Å². The number of para-hydroxylation sites is 1. The van der Waals surface area contributed by atoms with Crippen LogP contribution in [0.4, 0.5) is 0 Å². The average Bonchev–Trinajstić information content (AvgIpc) is 2.56. The third kappa shape index (κ3) is 2.68. The molecule has 2 heteroatoms. The van der Waals surface area contributed by atoms with E-state index in [4.69, 9.17) is 10.5 Å². The number of rotatable bonds is 4. The zero-order valence-corrected chi connectivity index (χ0v) is 12.6. The summed E-state index contributed by atoms with van der Waals surface area (Å²) < 4.78 is 5.80. The van der Waals surface area contributed by atoms with Crippen molar-refractivity contribution < 1.29 is 4.74 Å². The van der Waals surface area contributed by atoms with E-state index in [1.54, 1.807) is 0 Å². The molecule has 21 heavy (non-hydrogen) atoms. The van der Waals surface area contributed by atoms with Crippen LogP contribution in [0.3, 0.4) is 0 Å². The monoisotopic (exact) mass is 281 g/mol. The molecular weight excluding hydrogens is 258 g/mol. The van der Waals surface area contributed by atoms with Crippen molar-refractivity contribution >= 4 is 0 Å². The summed E-state index contributed by atoms with van der Waals surface area (Å²) in [7, 11) is 0. The van der Waals surface area contributed by atoms with Crippen LogP contribution in [0.2, 0.25) is 0 Å². The maximum Gasteiger partial charge on any atom is 0.123 e. The third-order valence-corrected chi connectivity index (χ3v) is 4.66. The molecule has 0 aliphatic carbocycles. The Morgan fingerprint density at radius 1 is 1.05 bits per heavy atom. The third-order valence-electron chi connectivity index (χ3n) is 4.66. The van der Waals surface area contributed by atoms with E-state index in [2.05, 4.69) is 49.4 Å².